The van der Waals surface area contributed by atoms with Crippen LogP contribution in [0.15, 0.2) is 30.5 Å². The Balaban J connectivity index is 1.48. The molecule has 3 heteroatoms. The van der Waals surface area contributed by atoms with E-state index in [1.54, 1.807) is 0 Å². The largest absolute Gasteiger partial charge is 0.361 e. The molecular formula is C17H22N2O. The number of fused-ring (bicyclic) bond motifs is 1. The highest BCUT2D eigenvalue weighted by Crippen LogP contribution is 2.27. The van der Waals surface area contributed by atoms with E-state index in [0.717, 1.165) is 13.0 Å². The molecule has 0 saturated heterocycles. The van der Waals surface area contributed by atoms with Crippen molar-refractivity contribution >= 4 is 16.8 Å². The van der Waals surface area contributed by atoms with Gasteiger partial charge in [-0.25, -0.2) is 0 Å². The van der Waals surface area contributed by atoms with E-state index in [2.05, 4.69) is 28.5 Å². The summed E-state index contributed by atoms with van der Waals surface area (Å²) in [5, 5.41) is 4.32. The lowest BCUT2D eigenvalue weighted by atomic mass is 10.0. The quantitative estimate of drug-likeness (QED) is 0.859. The van der Waals surface area contributed by atoms with Crippen molar-refractivity contribution in [3.05, 3.63) is 36.0 Å². The van der Waals surface area contributed by atoms with Gasteiger partial charge in [-0.2, -0.15) is 0 Å². The number of benzene rings is 1. The van der Waals surface area contributed by atoms with Crippen molar-refractivity contribution in [3.63, 3.8) is 0 Å². The van der Waals surface area contributed by atoms with Crippen molar-refractivity contribution in [2.45, 2.75) is 38.5 Å². The number of hydrogen-bond acceptors (Lipinski definition) is 1. The number of amides is 1. The molecule has 0 aliphatic heterocycles. The minimum Gasteiger partial charge on any atom is -0.361 e. The number of nitrogens with one attached hydrogen (secondary N) is 2. The predicted molar refractivity (Wildman–Crippen MR) is 81.6 cm³/mol. The van der Waals surface area contributed by atoms with Gasteiger partial charge >= 0.3 is 0 Å². The van der Waals surface area contributed by atoms with Crippen molar-refractivity contribution in [1.82, 2.24) is 10.3 Å². The lowest BCUT2D eigenvalue weighted by Crippen LogP contribution is -2.27. The van der Waals surface area contributed by atoms with Crippen LogP contribution in [0.3, 0.4) is 0 Å². The average molecular weight is 270 g/mol. The monoisotopic (exact) mass is 270 g/mol. The molecule has 1 aliphatic carbocycles. The molecule has 1 aromatic heterocycles. The number of aromatic amines is 1. The van der Waals surface area contributed by atoms with E-state index in [-0.39, 0.29) is 5.91 Å². The van der Waals surface area contributed by atoms with Crippen LogP contribution < -0.4 is 5.32 Å². The maximum Gasteiger partial charge on any atom is 0.220 e. The molecule has 0 spiro atoms. The van der Waals surface area contributed by atoms with Crippen LogP contribution in [0.5, 0.6) is 0 Å². The van der Waals surface area contributed by atoms with Crippen molar-refractivity contribution in [2.75, 3.05) is 6.54 Å². The van der Waals surface area contributed by atoms with E-state index in [0.29, 0.717) is 12.3 Å². The number of aromatic nitrogens is 1. The summed E-state index contributed by atoms with van der Waals surface area (Å²) < 4.78 is 0. The molecule has 1 fully saturated rings. The Bertz CT molecular complexity index is 581. The van der Waals surface area contributed by atoms with E-state index in [1.165, 1.54) is 42.1 Å². The Labute approximate surface area is 119 Å². The number of carbonyl (C=O) groups is 1. The maximum atomic E-state index is 11.9. The Morgan fingerprint density at radius 2 is 2.05 bits per heavy atom. The van der Waals surface area contributed by atoms with Crippen LogP contribution in [0.1, 0.15) is 37.7 Å². The van der Waals surface area contributed by atoms with Gasteiger partial charge in [-0.3, -0.25) is 4.79 Å². The molecule has 2 aromatic rings. The minimum absolute atomic E-state index is 0.219. The van der Waals surface area contributed by atoms with Gasteiger partial charge in [0.25, 0.3) is 0 Å². The molecule has 1 aliphatic rings. The summed E-state index contributed by atoms with van der Waals surface area (Å²) in [4.78, 5) is 15.1. The van der Waals surface area contributed by atoms with E-state index in [1.807, 2.05) is 12.3 Å². The van der Waals surface area contributed by atoms with Crippen LogP contribution in [-0.4, -0.2) is 17.4 Å². The first-order chi connectivity index (χ1) is 9.83. The van der Waals surface area contributed by atoms with Crippen LogP contribution >= 0.6 is 0 Å². The van der Waals surface area contributed by atoms with Crippen molar-refractivity contribution in [3.8, 4) is 0 Å². The summed E-state index contributed by atoms with van der Waals surface area (Å²) in [7, 11) is 0. The first-order valence-corrected chi connectivity index (χ1v) is 7.64. The van der Waals surface area contributed by atoms with Crippen molar-refractivity contribution < 1.29 is 4.79 Å². The van der Waals surface area contributed by atoms with Gasteiger partial charge in [0.1, 0.15) is 0 Å². The zero-order valence-corrected chi connectivity index (χ0v) is 11.8. The van der Waals surface area contributed by atoms with Crippen molar-refractivity contribution in [1.29, 1.82) is 0 Å². The SMILES string of the molecule is O=C(CC1CCCC1)NCCc1c[nH]c2ccccc12. The number of para-hydroxylation sites is 1. The Kier molecular flexibility index (Phi) is 4.05. The molecule has 106 valence electrons. The van der Waals surface area contributed by atoms with Gasteiger partial charge < -0.3 is 10.3 Å². The number of rotatable bonds is 5. The third-order valence-electron chi connectivity index (χ3n) is 4.34. The molecule has 1 aromatic carbocycles. The molecule has 20 heavy (non-hydrogen) atoms. The van der Waals surface area contributed by atoms with Crippen LogP contribution in [-0.2, 0) is 11.2 Å². The fraction of sp³-hybridized carbons (Fsp3) is 0.471. The zero-order valence-electron chi connectivity index (χ0n) is 11.8. The summed E-state index contributed by atoms with van der Waals surface area (Å²) in [5.41, 5.74) is 2.45. The second kappa shape index (κ2) is 6.12. The lowest BCUT2D eigenvalue weighted by Gasteiger charge is -2.09. The normalized spacial score (nSPS) is 15.8. The van der Waals surface area contributed by atoms with E-state index < -0.39 is 0 Å². The van der Waals surface area contributed by atoms with Gasteiger partial charge in [-0.1, -0.05) is 31.0 Å². The van der Waals surface area contributed by atoms with Gasteiger partial charge in [-0.05, 0) is 36.8 Å². The molecule has 0 atom stereocenters. The topological polar surface area (TPSA) is 44.9 Å². The third-order valence-corrected chi connectivity index (χ3v) is 4.34. The van der Waals surface area contributed by atoms with Gasteiger partial charge in [0.15, 0.2) is 0 Å². The smallest absolute Gasteiger partial charge is 0.220 e. The standard InChI is InChI=1S/C17H22N2O/c20-17(11-13-5-1-2-6-13)18-10-9-14-12-19-16-8-4-3-7-15(14)16/h3-4,7-8,12-13,19H,1-2,5-6,9-11H2,(H,18,20). The van der Waals surface area contributed by atoms with E-state index in [9.17, 15) is 4.79 Å². The molecule has 0 bridgehead atoms. The maximum absolute atomic E-state index is 11.9. The summed E-state index contributed by atoms with van der Waals surface area (Å²) in [6.45, 7) is 0.730. The summed E-state index contributed by atoms with van der Waals surface area (Å²) in [6.07, 6.45) is 8.72. The Morgan fingerprint density at radius 1 is 1.25 bits per heavy atom. The molecule has 3 nitrogen and oxygen atoms in total. The van der Waals surface area contributed by atoms with Gasteiger partial charge in [0.2, 0.25) is 5.91 Å². The fourth-order valence-corrected chi connectivity index (χ4v) is 3.22. The average Bonchev–Trinajstić information content (AvgIpc) is 3.09. The molecule has 0 radical (unpaired) electrons. The molecule has 3 rings (SSSR count). The van der Waals surface area contributed by atoms with E-state index in [4.69, 9.17) is 0 Å². The van der Waals surface area contributed by atoms with Crippen LogP contribution in [0.2, 0.25) is 0 Å². The summed E-state index contributed by atoms with van der Waals surface area (Å²) in [6, 6.07) is 8.30. The highest BCUT2D eigenvalue weighted by molar-refractivity contribution is 5.83. The van der Waals surface area contributed by atoms with Gasteiger partial charge in [-0.15, -0.1) is 0 Å². The van der Waals surface area contributed by atoms with Gasteiger partial charge in [0.05, 0.1) is 0 Å². The second-order valence-corrected chi connectivity index (χ2v) is 5.81. The number of hydrogen-bond donors (Lipinski definition) is 2. The Hall–Kier alpha value is -1.77. The molecule has 1 saturated carbocycles. The van der Waals surface area contributed by atoms with Crippen LogP contribution in [0.25, 0.3) is 10.9 Å². The Morgan fingerprint density at radius 3 is 2.90 bits per heavy atom. The predicted octanol–water partition coefficient (Wildman–Crippen LogP) is 3.41. The molecule has 2 N–H and O–H groups in total. The van der Waals surface area contributed by atoms with Gasteiger partial charge in [0, 0.05) is 30.1 Å². The second-order valence-electron chi connectivity index (χ2n) is 5.81. The summed E-state index contributed by atoms with van der Waals surface area (Å²) in [5.74, 6) is 0.847. The molecule has 1 heterocycles. The molecule has 1 amide bonds. The first-order valence-electron chi connectivity index (χ1n) is 7.64. The highest BCUT2D eigenvalue weighted by Gasteiger charge is 2.18. The highest BCUT2D eigenvalue weighted by atomic mass is 16.1. The fourth-order valence-electron chi connectivity index (χ4n) is 3.22. The van der Waals surface area contributed by atoms with Crippen LogP contribution in [0.4, 0.5) is 0 Å². The number of H-pyrrole nitrogens is 1. The molecular weight excluding hydrogens is 248 g/mol. The van der Waals surface area contributed by atoms with Crippen molar-refractivity contribution in [2.24, 2.45) is 5.92 Å². The number of carbonyl (C=O) groups excluding carboxylic acids is 1. The first kappa shape index (κ1) is 13.2. The minimum atomic E-state index is 0.219. The third kappa shape index (κ3) is 3.03. The van der Waals surface area contributed by atoms with Crippen LogP contribution in [0, 0.1) is 5.92 Å². The summed E-state index contributed by atoms with van der Waals surface area (Å²) >= 11 is 0. The van der Waals surface area contributed by atoms with E-state index >= 15 is 0 Å². The molecule has 0 unspecified atom stereocenters. The zero-order chi connectivity index (χ0) is 13.8. The lowest BCUT2D eigenvalue weighted by molar-refractivity contribution is -0.121.